The molecule has 1 aromatic rings. The Morgan fingerprint density at radius 2 is 2.53 bits per heavy atom. The molecule has 1 atom stereocenters. The molecule has 1 aliphatic rings. The van der Waals surface area contributed by atoms with Crippen LogP contribution in [0.25, 0.3) is 0 Å². The van der Waals surface area contributed by atoms with Gasteiger partial charge in [0.25, 0.3) is 0 Å². The first-order valence-electron chi connectivity index (χ1n) is 4.89. The zero-order chi connectivity index (χ0) is 10.9. The highest BCUT2D eigenvalue weighted by Crippen LogP contribution is 2.36. The van der Waals surface area contributed by atoms with Crippen LogP contribution in [-0.2, 0) is 5.41 Å². The first-order chi connectivity index (χ1) is 7.12. The normalized spacial score (nSPS) is 26.5. The van der Waals surface area contributed by atoms with Gasteiger partial charge in [0.05, 0.1) is 11.6 Å². The molecule has 4 nitrogen and oxygen atoms in total. The lowest BCUT2D eigenvalue weighted by molar-refractivity contribution is 0.0658. The largest absolute Gasteiger partial charge is 0.475 e. The van der Waals surface area contributed by atoms with Crippen molar-refractivity contribution in [3.63, 3.8) is 0 Å². The maximum Gasteiger partial charge on any atom is 0.373 e. The number of rotatable bonds is 2. The van der Waals surface area contributed by atoms with Crippen LogP contribution in [0.4, 0.5) is 0 Å². The van der Waals surface area contributed by atoms with Crippen LogP contribution in [-0.4, -0.2) is 27.6 Å². The van der Waals surface area contributed by atoms with E-state index in [2.05, 4.69) is 11.9 Å². The number of thioether (sulfide) groups is 1. The number of aromatic carboxylic acids is 1. The van der Waals surface area contributed by atoms with E-state index in [1.165, 1.54) is 11.9 Å². The predicted octanol–water partition coefficient (Wildman–Crippen LogP) is 2.16. The van der Waals surface area contributed by atoms with Crippen LogP contribution in [0.2, 0.25) is 0 Å². The lowest BCUT2D eigenvalue weighted by Gasteiger charge is -2.29. The Hall–Kier alpha value is -0.970. The van der Waals surface area contributed by atoms with Crippen molar-refractivity contribution in [1.29, 1.82) is 0 Å². The van der Waals surface area contributed by atoms with E-state index >= 15 is 0 Å². The molecular formula is C10H13NO3S. The van der Waals surface area contributed by atoms with Crippen molar-refractivity contribution in [2.24, 2.45) is 0 Å². The van der Waals surface area contributed by atoms with Gasteiger partial charge in [-0.15, -0.1) is 0 Å². The number of aromatic nitrogens is 1. The van der Waals surface area contributed by atoms with Crippen molar-refractivity contribution in [3.05, 3.63) is 17.8 Å². The minimum absolute atomic E-state index is 0.0678. The highest BCUT2D eigenvalue weighted by atomic mass is 32.2. The van der Waals surface area contributed by atoms with E-state index < -0.39 is 5.97 Å². The summed E-state index contributed by atoms with van der Waals surface area (Å²) < 4.78 is 5.26. The molecule has 1 saturated heterocycles. The van der Waals surface area contributed by atoms with Crippen LogP contribution >= 0.6 is 11.8 Å². The fourth-order valence-electron chi connectivity index (χ4n) is 1.75. The summed E-state index contributed by atoms with van der Waals surface area (Å²) in [5, 5.41) is 8.74. The first kappa shape index (κ1) is 10.5. The van der Waals surface area contributed by atoms with Crippen LogP contribution in [0.5, 0.6) is 0 Å². The lowest BCUT2D eigenvalue weighted by Crippen LogP contribution is -2.29. The minimum Gasteiger partial charge on any atom is -0.475 e. The van der Waals surface area contributed by atoms with Crippen molar-refractivity contribution in [1.82, 2.24) is 4.98 Å². The zero-order valence-corrected chi connectivity index (χ0v) is 9.34. The van der Waals surface area contributed by atoms with Gasteiger partial charge in [0.1, 0.15) is 0 Å². The minimum atomic E-state index is -1.05. The smallest absolute Gasteiger partial charge is 0.373 e. The van der Waals surface area contributed by atoms with Gasteiger partial charge in [0, 0.05) is 5.75 Å². The molecule has 1 aromatic heterocycles. The van der Waals surface area contributed by atoms with Crippen LogP contribution in [0.15, 0.2) is 10.6 Å². The van der Waals surface area contributed by atoms with Gasteiger partial charge in [0.2, 0.25) is 11.7 Å². The van der Waals surface area contributed by atoms with Crippen LogP contribution < -0.4 is 0 Å². The van der Waals surface area contributed by atoms with Crippen molar-refractivity contribution in [2.75, 3.05) is 11.5 Å². The molecule has 0 spiro atoms. The second kappa shape index (κ2) is 3.89. The number of nitrogens with zero attached hydrogens (tertiary/aromatic N) is 1. The maximum absolute atomic E-state index is 10.7. The van der Waals surface area contributed by atoms with Gasteiger partial charge in [-0.2, -0.15) is 11.8 Å². The molecule has 2 heterocycles. The van der Waals surface area contributed by atoms with E-state index in [1.54, 1.807) is 0 Å². The van der Waals surface area contributed by atoms with E-state index in [0.717, 1.165) is 18.6 Å². The highest BCUT2D eigenvalue weighted by Gasteiger charge is 2.34. The summed E-state index contributed by atoms with van der Waals surface area (Å²) >= 11 is 1.87. The molecule has 1 N–H and O–H groups in total. The van der Waals surface area contributed by atoms with Crippen LogP contribution in [0, 0.1) is 0 Å². The SMILES string of the molecule is CC1(c2ncc(C(=O)O)o2)CCCSC1. The molecule has 5 heteroatoms. The average Bonchev–Trinajstić information content (AvgIpc) is 2.68. The average molecular weight is 227 g/mol. The summed E-state index contributed by atoms with van der Waals surface area (Å²) in [5.41, 5.74) is -0.101. The topological polar surface area (TPSA) is 63.3 Å². The summed E-state index contributed by atoms with van der Waals surface area (Å²) in [7, 11) is 0. The fraction of sp³-hybridized carbons (Fsp3) is 0.600. The number of hydrogen-bond acceptors (Lipinski definition) is 4. The standard InChI is InChI=1S/C10H13NO3S/c1-10(3-2-4-15-6-10)9-11-5-7(14-9)8(12)13/h5H,2-4,6H2,1H3,(H,12,13). The third kappa shape index (κ3) is 2.02. The van der Waals surface area contributed by atoms with E-state index in [1.807, 2.05) is 11.8 Å². The summed E-state index contributed by atoms with van der Waals surface area (Å²) in [6.07, 6.45) is 3.44. The van der Waals surface area contributed by atoms with E-state index in [9.17, 15) is 4.79 Å². The van der Waals surface area contributed by atoms with Gasteiger partial charge < -0.3 is 9.52 Å². The quantitative estimate of drug-likeness (QED) is 0.838. The third-order valence-corrected chi connectivity index (χ3v) is 4.09. The Morgan fingerprint density at radius 3 is 3.07 bits per heavy atom. The Balaban J connectivity index is 2.23. The molecule has 82 valence electrons. The van der Waals surface area contributed by atoms with Crippen LogP contribution in [0.3, 0.4) is 0 Å². The Morgan fingerprint density at radius 1 is 1.73 bits per heavy atom. The van der Waals surface area contributed by atoms with Crippen LogP contribution in [0.1, 0.15) is 36.2 Å². The first-order valence-corrected chi connectivity index (χ1v) is 6.05. The molecule has 1 unspecified atom stereocenters. The number of carboxylic acid groups (broad SMARTS) is 1. The number of carboxylic acids is 1. The van der Waals surface area contributed by atoms with Crippen molar-refractivity contribution >= 4 is 17.7 Å². The molecule has 0 amide bonds. The molecule has 1 aliphatic heterocycles. The van der Waals surface area contributed by atoms with Crippen molar-refractivity contribution in [3.8, 4) is 0 Å². The monoisotopic (exact) mass is 227 g/mol. The molecule has 0 aromatic carbocycles. The number of hydrogen-bond donors (Lipinski definition) is 1. The Labute approximate surface area is 92.1 Å². The van der Waals surface area contributed by atoms with Gasteiger partial charge in [-0.25, -0.2) is 9.78 Å². The van der Waals surface area contributed by atoms with Gasteiger partial charge >= 0.3 is 5.97 Å². The number of oxazole rings is 1. The summed E-state index contributed by atoms with van der Waals surface area (Å²) in [5.74, 6) is 1.56. The molecule has 2 rings (SSSR count). The molecule has 1 fully saturated rings. The van der Waals surface area contributed by atoms with Gasteiger partial charge in [0.15, 0.2) is 0 Å². The van der Waals surface area contributed by atoms with E-state index in [0.29, 0.717) is 5.89 Å². The molecule has 0 radical (unpaired) electrons. The third-order valence-electron chi connectivity index (χ3n) is 2.67. The summed E-state index contributed by atoms with van der Waals surface area (Å²) in [6.45, 7) is 2.08. The number of carbonyl (C=O) groups is 1. The zero-order valence-electron chi connectivity index (χ0n) is 8.52. The van der Waals surface area contributed by atoms with Crippen molar-refractivity contribution < 1.29 is 14.3 Å². The molecule has 15 heavy (non-hydrogen) atoms. The molecular weight excluding hydrogens is 214 g/mol. The van der Waals surface area contributed by atoms with Gasteiger partial charge in [-0.1, -0.05) is 6.92 Å². The summed E-state index contributed by atoms with van der Waals surface area (Å²) in [6, 6.07) is 0. The molecule has 0 bridgehead atoms. The Kier molecular flexibility index (Phi) is 2.73. The molecule has 0 saturated carbocycles. The highest BCUT2D eigenvalue weighted by molar-refractivity contribution is 7.99. The molecule has 0 aliphatic carbocycles. The lowest BCUT2D eigenvalue weighted by atomic mass is 9.87. The van der Waals surface area contributed by atoms with Gasteiger partial charge in [-0.05, 0) is 18.6 Å². The van der Waals surface area contributed by atoms with Gasteiger partial charge in [-0.3, -0.25) is 0 Å². The maximum atomic E-state index is 10.7. The van der Waals surface area contributed by atoms with Crippen molar-refractivity contribution in [2.45, 2.75) is 25.2 Å². The van der Waals surface area contributed by atoms with E-state index in [4.69, 9.17) is 9.52 Å². The second-order valence-corrected chi connectivity index (χ2v) is 5.16. The Bertz CT molecular complexity index is 368. The predicted molar refractivity (Wildman–Crippen MR) is 57.4 cm³/mol. The second-order valence-electron chi connectivity index (χ2n) is 4.05. The van der Waals surface area contributed by atoms with E-state index in [-0.39, 0.29) is 11.2 Å². The fourth-order valence-corrected chi connectivity index (χ4v) is 2.97. The summed E-state index contributed by atoms with van der Waals surface area (Å²) in [4.78, 5) is 14.7.